The van der Waals surface area contributed by atoms with E-state index in [2.05, 4.69) is 15.3 Å². The van der Waals surface area contributed by atoms with Crippen molar-refractivity contribution in [1.82, 2.24) is 9.97 Å². The summed E-state index contributed by atoms with van der Waals surface area (Å²) in [5.74, 6) is 0.0300. The van der Waals surface area contributed by atoms with Gasteiger partial charge in [-0.25, -0.2) is 4.98 Å². The zero-order chi connectivity index (χ0) is 15.1. The van der Waals surface area contributed by atoms with Crippen LogP contribution in [-0.2, 0) is 4.79 Å². The number of aryl methyl sites for hydroxylation is 2. The van der Waals surface area contributed by atoms with Crippen molar-refractivity contribution in [1.29, 1.82) is 0 Å². The number of nitrogens with zero attached hydrogens (tertiary/aromatic N) is 2. The molecule has 2 N–H and O–H groups in total. The summed E-state index contributed by atoms with van der Waals surface area (Å²) in [6.45, 7) is 3.85. The van der Waals surface area contributed by atoms with Gasteiger partial charge in [-0.15, -0.1) is 0 Å². The smallest absolute Gasteiger partial charge is 0.288 e. The summed E-state index contributed by atoms with van der Waals surface area (Å²) in [7, 11) is 0. The zero-order valence-corrected chi connectivity index (χ0v) is 11.4. The van der Waals surface area contributed by atoms with Gasteiger partial charge in [-0.3, -0.25) is 14.9 Å². The molecule has 0 saturated heterocycles. The van der Waals surface area contributed by atoms with Gasteiger partial charge in [0.15, 0.2) is 0 Å². The van der Waals surface area contributed by atoms with Gasteiger partial charge in [0.25, 0.3) is 11.6 Å². The molecule has 7 heteroatoms. The maximum Gasteiger partial charge on any atom is 0.288 e. The Hall–Kier alpha value is -2.96. The molecule has 7 nitrogen and oxygen atoms in total. The molecule has 0 unspecified atom stereocenters. The van der Waals surface area contributed by atoms with E-state index in [9.17, 15) is 14.9 Å². The SMILES string of the molecule is Cc1cc(C)c(C=C2C(=O)Nc3ncc([N+](=O)[O-])cc32)[nH]1. The molecule has 0 saturated carbocycles. The molecule has 2 aromatic heterocycles. The number of hydrogen-bond donors (Lipinski definition) is 2. The summed E-state index contributed by atoms with van der Waals surface area (Å²) in [5.41, 5.74) is 3.45. The third kappa shape index (κ3) is 2.18. The van der Waals surface area contributed by atoms with E-state index in [-0.39, 0.29) is 11.6 Å². The van der Waals surface area contributed by atoms with Crippen molar-refractivity contribution < 1.29 is 9.72 Å². The second kappa shape index (κ2) is 4.55. The zero-order valence-electron chi connectivity index (χ0n) is 11.4. The lowest BCUT2D eigenvalue weighted by molar-refractivity contribution is -0.385. The van der Waals surface area contributed by atoms with Crippen molar-refractivity contribution in [3.05, 3.63) is 51.0 Å². The molecule has 0 aliphatic carbocycles. The maximum atomic E-state index is 12.0. The Morgan fingerprint density at radius 1 is 1.33 bits per heavy atom. The summed E-state index contributed by atoms with van der Waals surface area (Å²) in [5, 5.41) is 13.4. The molecule has 2 aromatic rings. The highest BCUT2D eigenvalue weighted by atomic mass is 16.6. The number of hydrogen-bond acceptors (Lipinski definition) is 4. The molecule has 3 heterocycles. The van der Waals surface area contributed by atoms with E-state index in [0.29, 0.717) is 17.0 Å². The quantitative estimate of drug-likeness (QED) is 0.502. The third-order valence-corrected chi connectivity index (χ3v) is 3.33. The van der Waals surface area contributed by atoms with Crippen LogP contribution in [0.15, 0.2) is 18.3 Å². The molecule has 1 aliphatic rings. The highest BCUT2D eigenvalue weighted by Gasteiger charge is 2.28. The number of carbonyl (C=O) groups excluding carboxylic acids is 1. The van der Waals surface area contributed by atoms with E-state index in [1.165, 1.54) is 6.07 Å². The minimum absolute atomic E-state index is 0.143. The van der Waals surface area contributed by atoms with Crippen LogP contribution in [0.5, 0.6) is 0 Å². The van der Waals surface area contributed by atoms with Crippen LogP contribution in [0, 0.1) is 24.0 Å². The minimum Gasteiger partial charge on any atom is -0.359 e. The Morgan fingerprint density at radius 2 is 2.10 bits per heavy atom. The summed E-state index contributed by atoms with van der Waals surface area (Å²) in [6.07, 6.45) is 2.82. The van der Waals surface area contributed by atoms with Crippen LogP contribution in [0.25, 0.3) is 11.6 Å². The number of anilines is 1. The van der Waals surface area contributed by atoms with E-state index in [4.69, 9.17) is 0 Å². The third-order valence-electron chi connectivity index (χ3n) is 3.33. The lowest BCUT2D eigenvalue weighted by Gasteiger charge is -1.98. The van der Waals surface area contributed by atoms with Crippen LogP contribution >= 0.6 is 0 Å². The van der Waals surface area contributed by atoms with Gasteiger partial charge >= 0.3 is 0 Å². The number of nitro groups is 1. The van der Waals surface area contributed by atoms with E-state index in [0.717, 1.165) is 23.1 Å². The number of aromatic nitrogens is 2. The van der Waals surface area contributed by atoms with Crippen LogP contribution in [0.3, 0.4) is 0 Å². The Labute approximate surface area is 119 Å². The van der Waals surface area contributed by atoms with Crippen molar-refractivity contribution in [3.8, 4) is 0 Å². The van der Waals surface area contributed by atoms with E-state index in [1.54, 1.807) is 6.08 Å². The van der Waals surface area contributed by atoms with Crippen LogP contribution in [-0.4, -0.2) is 20.8 Å². The standard InChI is InChI=1S/C14H12N4O3/c1-7-3-8(2)16-12(7)5-11-10-4-9(18(20)21)6-15-13(10)17-14(11)19/h3-6,16H,1-2H3,(H,15,17,19). The van der Waals surface area contributed by atoms with Gasteiger partial charge in [-0.1, -0.05) is 0 Å². The highest BCUT2D eigenvalue weighted by molar-refractivity contribution is 6.34. The van der Waals surface area contributed by atoms with Crippen LogP contribution in [0.1, 0.15) is 22.5 Å². The first-order valence-electron chi connectivity index (χ1n) is 6.30. The fraction of sp³-hybridized carbons (Fsp3) is 0.143. The molecule has 3 rings (SSSR count). The lowest BCUT2D eigenvalue weighted by Crippen LogP contribution is -2.04. The van der Waals surface area contributed by atoms with E-state index >= 15 is 0 Å². The number of fused-ring (bicyclic) bond motifs is 1. The first kappa shape index (κ1) is 13.0. The Balaban J connectivity index is 2.13. The number of aromatic amines is 1. The normalized spacial score (nSPS) is 15.1. The summed E-state index contributed by atoms with van der Waals surface area (Å²) >= 11 is 0. The molecule has 1 aliphatic heterocycles. The number of pyridine rings is 1. The first-order valence-corrected chi connectivity index (χ1v) is 6.30. The van der Waals surface area contributed by atoms with Crippen molar-refractivity contribution in [3.63, 3.8) is 0 Å². The number of rotatable bonds is 2. The van der Waals surface area contributed by atoms with Crippen molar-refractivity contribution >= 4 is 29.1 Å². The number of nitrogens with one attached hydrogen (secondary N) is 2. The predicted molar refractivity (Wildman–Crippen MR) is 77.7 cm³/mol. The first-order chi connectivity index (χ1) is 9.95. The summed E-state index contributed by atoms with van der Waals surface area (Å²) in [4.78, 5) is 29.4. The Morgan fingerprint density at radius 3 is 2.71 bits per heavy atom. The van der Waals surface area contributed by atoms with Gasteiger partial charge in [0, 0.05) is 23.0 Å². The van der Waals surface area contributed by atoms with Gasteiger partial charge in [-0.05, 0) is 31.6 Å². The Bertz CT molecular complexity index is 805. The van der Waals surface area contributed by atoms with E-state index < -0.39 is 4.92 Å². The molecule has 106 valence electrons. The molecule has 0 aromatic carbocycles. The van der Waals surface area contributed by atoms with Crippen LogP contribution in [0.2, 0.25) is 0 Å². The Kier molecular flexibility index (Phi) is 2.83. The molecular formula is C14H12N4O3. The monoisotopic (exact) mass is 284 g/mol. The minimum atomic E-state index is -0.530. The van der Waals surface area contributed by atoms with Crippen LogP contribution in [0.4, 0.5) is 11.5 Å². The van der Waals surface area contributed by atoms with Gasteiger partial charge in [-0.2, -0.15) is 0 Å². The van der Waals surface area contributed by atoms with Gasteiger partial charge in [0.2, 0.25) is 0 Å². The molecule has 0 atom stereocenters. The number of H-pyrrole nitrogens is 1. The second-order valence-electron chi connectivity index (χ2n) is 4.91. The molecule has 0 bridgehead atoms. The molecule has 0 fully saturated rings. The lowest BCUT2D eigenvalue weighted by atomic mass is 10.1. The highest BCUT2D eigenvalue weighted by Crippen LogP contribution is 2.33. The fourth-order valence-electron chi connectivity index (χ4n) is 2.34. The molecule has 0 radical (unpaired) electrons. The summed E-state index contributed by atoms with van der Waals surface area (Å²) in [6, 6.07) is 3.32. The van der Waals surface area contributed by atoms with Crippen molar-refractivity contribution in [2.75, 3.05) is 5.32 Å². The topological polar surface area (TPSA) is 101 Å². The van der Waals surface area contributed by atoms with Gasteiger partial charge in [0.1, 0.15) is 12.0 Å². The number of amides is 1. The van der Waals surface area contributed by atoms with Crippen molar-refractivity contribution in [2.24, 2.45) is 0 Å². The molecule has 0 spiro atoms. The molecule has 21 heavy (non-hydrogen) atoms. The van der Waals surface area contributed by atoms with Crippen LogP contribution < -0.4 is 5.32 Å². The van der Waals surface area contributed by atoms with Crippen molar-refractivity contribution in [2.45, 2.75) is 13.8 Å². The van der Waals surface area contributed by atoms with Gasteiger partial charge < -0.3 is 10.3 Å². The fourth-order valence-corrected chi connectivity index (χ4v) is 2.34. The average molecular weight is 284 g/mol. The predicted octanol–water partition coefficient (Wildman–Crippen LogP) is 2.43. The van der Waals surface area contributed by atoms with Gasteiger partial charge in [0.05, 0.1) is 10.5 Å². The second-order valence-corrected chi connectivity index (χ2v) is 4.91. The maximum absolute atomic E-state index is 12.0. The average Bonchev–Trinajstić information content (AvgIpc) is 2.90. The van der Waals surface area contributed by atoms with E-state index in [1.807, 2.05) is 19.9 Å². The largest absolute Gasteiger partial charge is 0.359 e. The molecular weight excluding hydrogens is 272 g/mol. The summed E-state index contributed by atoms with van der Waals surface area (Å²) < 4.78 is 0. The molecule has 1 amide bonds. The number of carbonyl (C=O) groups is 1.